The van der Waals surface area contributed by atoms with Crippen LogP contribution in [0.15, 0.2) is 52.3 Å². The number of nitrogens with zero attached hydrogens (tertiary/aromatic N) is 1. The van der Waals surface area contributed by atoms with E-state index in [2.05, 4.69) is 9.88 Å². The Labute approximate surface area is 204 Å². The van der Waals surface area contributed by atoms with Gasteiger partial charge in [0.05, 0.1) is 5.39 Å². The average molecular weight is 489 g/mol. The fourth-order valence-electron chi connectivity index (χ4n) is 4.11. The summed E-state index contributed by atoms with van der Waals surface area (Å²) in [5.74, 6) is -0.267. The third kappa shape index (κ3) is 6.60. The second-order valence-corrected chi connectivity index (χ2v) is 10.5. The topological polar surface area (TPSA) is 45.3 Å². The first-order chi connectivity index (χ1) is 16.2. The van der Waals surface area contributed by atoms with E-state index in [-0.39, 0.29) is 17.4 Å². The first-order valence-electron chi connectivity index (χ1n) is 11.9. The minimum absolute atomic E-state index is 0.0638. The summed E-state index contributed by atoms with van der Waals surface area (Å²) in [6, 6.07) is 11.2. The molecule has 1 saturated heterocycles. The number of ether oxygens (including phenoxy) is 1. The molecule has 34 heavy (non-hydrogen) atoms. The van der Waals surface area contributed by atoms with Gasteiger partial charge in [0.25, 0.3) is 5.56 Å². The largest absolute Gasteiger partial charge is 0.487 e. The van der Waals surface area contributed by atoms with Gasteiger partial charge in [-0.05, 0) is 69.0 Å². The summed E-state index contributed by atoms with van der Waals surface area (Å²) in [5, 5.41) is -0.631. The molecule has 0 unspecified atom stereocenters. The van der Waals surface area contributed by atoms with E-state index in [0.717, 1.165) is 37.4 Å². The molecule has 0 spiro atoms. The number of fused-ring (bicyclic) bond motifs is 1. The minimum atomic E-state index is -1.29. The van der Waals surface area contributed by atoms with Crippen LogP contribution < -0.4 is 10.3 Å². The smallest absolute Gasteiger partial charge is 0.255 e. The van der Waals surface area contributed by atoms with Crippen molar-refractivity contribution in [2.24, 2.45) is 0 Å². The highest BCUT2D eigenvalue weighted by atomic mass is 32.2. The fourth-order valence-corrected chi connectivity index (χ4v) is 4.95. The van der Waals surface area contributed by atoms with Crippen molar-refractivity contribution in [1.29, 1.82) is 0 Å². The van der Waals surface area contributed by atoms with Gasteiger partial charge >= 0.3 is 0 Å². The number of pyridine rings is 1. The zero-order chi connectivity index (χ0) is 24.9. The van der Waals surface area contributed by atoms with Gasteiger partial charge in [0.2, 0.25) is 0 Å². The van der Waals surface area contributed by atoms with Crippen LogP contribution in [-0.2, 0) is 6.54 Å². The molecule has 184 valence electrons. The molecule has 7 heteroatoms. The van der Waals surface area contributed by atoms with Gasteiger partial charge in [0.1, 0.15) is 6.10 Å². The van der Waals surface area contributed by atoms with Gasteiger partial charge in [-0.2, -0.15) is 0 Å². The highest BCUT2D eigenvalue weighted by Crippen LogP contribution is 2.33. The van der Waals surface area contributed by atoms with E-state index < -0.39 is 10.8 Å². The number of aryl methyl sites for hydroxylation is 1. The normalized spacial score (nSPS) is 15.1. The molecule has 2 aromatic carbocycles. The number of likely N-dealkylation sites (tertiary alicyclic amines) is 1. The Morgan fingerprint density at radius 3 is 2.38 bits per heavy atom. The molecular formula is C27H34F2N2O2S. The van der Waals surface area contributed by atoms with Crippen molar-refractivity contribution in [3.8, 4) is 5.75 Å². The number of H-pyrrole nitrogens is 1. The molecule has 0 radical (unpaired) electrons. The standard InChI is InChI=1S/C25H28F2N2O2S.C2H6/c1-16-14-28-24(30)20-8-9-21(23(26)22(16)20)31-18-10-12-29(13-11-18)15-17-4-6-19(7-5-17)32-25(2,3)27;1-2/h4-9,14,18H,10-13,15H2,1-3H3,(H,28,30);1-2H3. The molecular weight excluding hydrogens is 454 g/mol. The van der Waals surface area contributed by atoms with E-state index in [0.29, 0.717) is 16.3 Å². The monoisotopic (exact) mass is 488 g/mol. The molecule has 1 N–H and O–H groups in total. The van der Waals surface area contributed by atoms with Gasteiger partial charge in [-0.1, -0.05) is 37.7 Å². The van der Waals surface area contributed by atoms with Crippen LogP contribution in [0.25, 0.3) is 10.8 Å². The van der Waals surface area contributed by atoms with E-state index in [1.165, 1.54) is 23.5 Å². The van der Waals surface area contributed by atoms with Crippen molar-refractivity contribution >= 4 is 22.5 Å². The third-order valence-corrected chi connectivity index (χ3v) is 6.68. The third-order valence-electron chi connectivity index (χ3n) is 5.68. The Hall–Kier alpha value is -2.38. The van der Waals surface area contributed by atoms with Gasteiger partial charge in [0, 0.05) is 36.1 Å². The number of thioether (sulfide) groups is 1. The molecule has 0 bridgehead atoms. The van der Waals surface area contributed by atoms with Crippen LogP contribution in [0.5, 0.6) is 5.75 Å². The first-order valence-corrected chi connectivity index (χ1v) is 12.7. The Balaban J connectivity index is 0.00000158. The number of nitrogens with one attached hydrogen (secondary N) is 1. The summed E-state index contributed by atoms with van der Waals surface area (Å²) >= 11 is 1.21. The lowest BCUT2D eigenvalue weighted by atomic mass is 10.1. The second kappa shape index (κ2) is 11.4. The number of hydrogen-bond acceptors (Lipinski definition) is 4. The maximum absolute atomic E-state index is 15.1. The minimum Gasteiger partial charge on any atom is -0.487 e. The predicted molar refractivity (Wildman–Crippen MR) is 137 cm³/mol. The van der Waals surface area contributed by atoms with Crippen LogP contribution in [0.2, 0.25) is 0 Å². The van der Waals surface area contributed by atoms with E-state index in [1.807, 2.05) is 38.1 Å². The van der Waals surface area contributed by atoms with Crippen LogP contribution in [0.1, 0.15) is 51.7 Å². The quantitative estimate of drug-likeness (QED) is 0.386. The number of alkyl halides is 1. The Bertz CT molecular complexity index is 1150. The number of aromatic amines is 1. The molecule has 0 aliphatic carbocycles. The van der Waals surface area contributed by atoms with E-state index in [4.69, 9.17) is 4.74 Å². The van der Waals surface area contributed by atoms with E-state index in [9.17, 15) is 9.18 Å². The van der Waals surface area contributed by atoms with Crippen LogP contribution in [0, 0.1) is 12.7 Å². The molecule has 4 nitrogen and oxygen atoms in total. The summed E-state index contributed by atoms with van der Waals surface area (Å²) in [6.07, 6.45) is 3.07. The lowest BCUT2D eigenvalue weighted by molar-refractivity contribution is 0.0938. The van der Waals surface area contributed by atoms with Crippen molar-refractivity contribution in [3.05, 3.63) is 69.9 Å². The number of benzene rings is 2. The summed E-state index contributed by atoms with van der Waals surface area (Å²) in [5.41, 5.74) is 1.56. The molecule has 3 aromatic rings. The van der Waals surface area contributed by atoms with Crippen molar-refractivity contribution in [2.75, 3.05) is 13.1 Å². The van der Waals surface area contributed by atoms with Crippen LogP contribution in [0.3, 0.4) is 0 Å². The lowest BCUT2D eigenvalue weighted by Gasteiger charge is -2.32. The van der Waals surface area contributed by atoms with E-state index >= 15 is 4.39 Å². The molecule has 0 saturated carbocycles. The molecule has 1 aliphatic heterocycles. The number of aromatic nitrogens is 1. The predicted octanol–water partition coefficient (Wildman–Crippen LogP) is 6.84. The van der Waals surface area contributed by atoms with Gasteiger partial charge < -0.3 is 9.72 Å². The van der Waals surface area contributed by atoms with Crippen LogP contribution in [-0.4, -0.2) is 34.1 Å². The van der Waals surface area contributed by atoms with Crippen LogP contribution >= 0.6 is 11.8 Å². The molecule has 4 rings (SSSR count). The van der Waals surface area contributed by atoms with E-state index in [1.54, 1.807) is 32.9 Å². The van der Waals surface area contributed by atoms with Crippen molar-refractivity contribution in [2.45, 2.75) is 70.0 Å². The summed E-state index contributed by atoms with van der Waals surface area (Å²) in [4.78, 5) is 17.9. The molecule has 1 aliphatic rings. The number of piperidine rings is 1. The number of halogens is 2. The highest BCUT2D eigenvalue weighted by Gasteiger charge is 2.23. The van der Waals surface area contributed by atoms with Gasteiger partial charge in [0.15, 0.2) is 16.6 Å². The van der Waals surface area contributed by atoms with Crippen molar-refractivity contribution in [3.63, 3.8) is 0 Å². The van der Waals surface area contributed by atoms with Gasteiger partial charge in [-0.25, -0.2) is 8.78 Å². The SMILES string of the molecule is CC.Cc1c[nH]c(=O)c2ccc(OC3CCN(Cc4ccc(SC(C)(C)F)cc4)CC3)c(F)c12. The fraction of sp³-hybridized carbons (Fsp3) is 0.444. The molecule has 1 fully saturated rings. The molecule has 0 amide bonds. The average Bonchev–Trinajstić information content (AvgIpc) is 2.81. The Morgan fingerprint density at radius 1 is 1.12 bits per heavy atom. The number of hydrogen-bond donors (Lipinski definition) is 1. The zero-order valence-electron chi connectivity index (χ0n) is 20.6. The van der Waals surface area contributed by atoms with Crippen molar-refractivity contribution < 1.29 is 13.5 Å². The Kier molecular flexibility index (Phi) is 8.77. The van der Waals surface area contributed by atoms with Crippen LogP contribution in [0.4, 0.5) is 8.78 Å². The summed E-state index contributed by atoms with van der Waals surface area (Å²) < 4.78 is 34.8. The van der Waals surface area contributed by atoms with Gasteiger partial charge in [-0.15, -0.1) is 0 Å². The molecule has 2 heterocycles. The lowest BCUT2D eigenvalue weighted by Crippen LogP contribution is -2.37. The second-order valence-electron chi connectivity index (χ2n) is 8.80. The first kappa shape index (κ1) is 26.2. The molecule has 1 aromatic heterocycles. The summed E-state index contributed by atoms with van der Waals surface area (Å²) in [7, 11) is 0. The van der Waals surface area contributed by atoms with Gasteiger partial charge in [-0.3, -0.25) is 9.69 Å². The zero-order valence-corrected chi connectivity index (χ0v) is 21.4. The number of rotatable bonds is 6. The summed E-state index contributed by atoms with van der Waals surface area (Å²) in [6.45, 7) is 11.4. The maximum Gasteiger partial charge on any atom is 0.255 e. The van der Waals surface area contributed by atoms with Crippen molar-refractivity contribution in [1.82, 2.24) is 9.88 Å². The highest BCUT2D eigenvalue weighted by molar-refractivity contribution is 8.00. The maximum atomic E-state index is 15.1. The Morgan fingerprint density at radius 2 is 1.76 bits per heavy atom. The molecule has 0 atom stereocenters.